The molecule has 0 aliphatic heterocycles. The number of aryl methyl sites for hydroxylation is 3. The van der Waals surface area contributed by atoms with Crippen molar-refractivity contribution in [3.05, 3.63) is 70.8 Å². The molecule has 1 aliphatic carbocycles. The molecule has 0 saturated heterocycles. The number of carbonyl (C=O) groups excluding carboxylic acids is 1. The second kappa shape index (κ2) is 6.99. The van der Waals surface area contributed by atoms with E-state index in [2.05, 4.69) is 67.7 Å². The first kappa shape index (κ1) is 15.8. The molecule has 3 rings (SSSR count). The third-order valence-electron chi connectivity index (χ3n) is 4.57. The van der Waals surface area contributed by atoms with Crippen molar-refractivity contribution in [2.75, 3.05) is 0 Å². The fourth-order valence-electron chi connectivity index (χ4n) is 3.05. The highest BCUT2D eigenvalue weighted by molar-refractivity contribution is 5.76. The van der Waals surface area contributed by atoms with Crippen molar-refractivity contribution in [2.45, 2.75) is 45.6 Å². The standard InChI is InChI=1S/C21H25NO/c1-15-6-9-18(10-7-15)21(19-11-12-19)22-20(23)13-8-17-5-3-4-16(2)14-17/h3-7,9-10,14,19,21H,8,11-13H2,1-2H3,(H,22,23). The van der Waals surface area contributed by atoms with E-state index in [9.17, 15) is 4.79 Å². The molecule has 2 heteroatoms. The summed E-state index contributed by atoms with van der Waals surface area (Å²) >= 11 is 0. The normalized spacial score (nSPS) is 15.2. The van der Waals surface area contributed by atoms with Crippen LogP contribution in [0.2, 0.25) is 0 Å². The lowest BCUT2D eigenvalue weighted by molar-refractivity contribution is -0.122. The van der Waals surface area contributed by atoms with E-state index >= 15 is 0 Å². The van der Waals surface area contributed by atoms with Gasteiger partial charge in [-0.2, -0.15) is 0 Å². The molecule has 0 aromatic heterocycles. The van der Waals surface area contributed by atoms with Gasteiger partial charge in [-0.3, -0.25) is 4.79 Å². The van der Waals surface area contributed by atoms with Crippen molar-refractivity contribution in [1.82, 2.24) is 5.32 Å². The number of amides is 1. The number of benzene rings is 2. The van der Waals surface area contributed by atoms with Gasteiger partial charge in [0.25, 0.3) is 0 Å². The quantitative estimate of drug-likeness (QED) is 0.836. The van der Waals surface area contributed by atoms with Crippen molar-refractivity contribution in [3.63, 3.8) is 0 Å². The van der Waals surface area contributed by atoms with E-state index in [1.807, 2.05) is 0 Å². The minimum Gasteiger partial charge on any atom is -0.349 e. The molecular weight excluding hydrogens is 282 g/mol. The Morgan fingerprint density at radius 3 is 2.48 bits per heavy atom. The van der Waals surface area contributed by atoms with E-state index in [0.717, 1.165) is 6.42 Å². The van der Waals surface area contributed by atoms with Crippen LogP contribution >= 0.6 is 0 Å². The van der Waals surface area contributed by atoms with Crippen LogP contribution in [0.1, 0.15) is 47.6 Å². The van der Waals surface area contributed by atoms with E-state index in [1.54, 1.807) is 0 Å². The summed E-state index contributed by atoms with van der Waals surface area (Å²) in [6, 6.07) is 17.1. The Hall–Kier alpha value is -2.09. The Morgan fingerprint density at radius 1 is 1.09 bits per heavy atom. The smallest absolute Gasteiger partial charge is 0.220 e. The van der Waals surface area contributed by atoms with Crippen LogP contribution in [0.25, 0.3) is 0 Å². The van der Waals surface area contributed by atoms with Crippen molar-refractivity contribution in [2.24, 2.45) is 5.92 Å². The molecule has 1 unspecified atom stereocenters. The van der Waals surface area contributed by atoms with Gasteiger partial charge in [-0.15, -0.1) is 0 Å². The van der Waals surface area contributed by atoms with Gasteiger partial charge >= 0.3 is 0 Å². The van der Waals surface area contributed by atoms with Crippen LogP contribution in [-0.4, -0.2) is 5.91 Å². The van der Waals surface area contributed by atoms with Crippen LogP contribution < -0.4 is 5.32 Å². The zero-order chi connectivity index (χ0) is 16.2. The number of nitrogens with one attached hydrogen (secondary N) is 1. The van der Waals surface area contributed by atoms with Gasteiger partial charge in [0.15, 0.2) is 0 Å². The van der Waals surface area contributed by atoms with Crippen LogP contribution in [0, 0.1) is 19.8 Å². The minimum absolute atomic E-state index is 0.156. The van der Waals surface area contributed by atoms with Crippen LogP contribution in [-0.2, 0) is 11.2 Å². The highest BCUT2D eigenvalue weighted by Gasteiger charge is 2.33. The highest BCUT2D eigenvalue weighted by atomic mass is 16.1. The number of hydrogen-bond donors (Lipinski definition) is 1. The lowest BCUT2D eigenvalue weighted by Gasteiger charge is -2.19. The zero-order valence-electron chi connectivity index (χ0n) is 14.0. The first-order valence-corrected chi connectivity index (χ1v) is 8.53. The van der Waals surface area contributed by atoms with Gasteiger partial charge in [-0.25, -0.2) is 0 Å². The van der Waals surface area contributed by atoms with Gasteiger partial charge in [0.2, 0.25) is 5.91 Å². The maximum Gasteiger partial charge on any atom is 0.220 e. The summed E-state index contributed by atoms with van der Waals surface area (Å²) in [6.07, 6.45) is 3.80. The average molecular weight is 307 g/mol. The van der Waals surface area contributed by atoms with Crippen LogP contribution in [0.4, 0.5) is 0 Å². The molecule has 1 aliphatic rings. The van der Waals surface area contributed by atoms with Gasteiger partial charge in [0.1, 0.15) is 0 Å². The Bertz CT molecular complexity index is 670. The molecule has 2 aromatic rings. The van der Waals surface area contributed by atoms with Gasteiger partial charge in [0.05, 0.1) is 6.04 Å². The van der Waals surface area contributed by atoms with Crippen molar-refractivity contribution < 1.29 is 4.79 Å². The van der Waals surface area contributed by atoms with Gasteiger partial charge in [-0.05, 0) is 50.2 Å². The zero-order valence-corrected chi connectivity index (χ0v) is 14.0. The van der Waals surface area contributed by atoms with Crippen LogP contribution in [0.15, 0.2) is 48.5 Å². The van der Waals surface area contributed by atoms with Crippen molar-refractivity contribution in [3.8, 4) is 0 Å². The monoisotopic (exact) mass is 307 g/mol. The molecule has 0 spiro atoms. The Labute approximate surface area is 138 Å². The Kier molecular flexibility index (Phi) is 4.80. The summed E-state index contributed by atoms with van der Waals surface area (Å²) in [5.74, 6) is 0.768. The first-order valence-electron chi connectivity index (χ1n) is 8.53. The SMILES string of the molecule is Cc1ccc(C(NC(=O)CCc2cccc(C)c2)C2CC2)cc1. The lowest BCUT2D eigenvalue weighted by Crippen LogP contribution is -2.30. The van der Waals surface area contributed by atoms with Gasteiger partial charge < -0.3 is 5.32 Å². The molecule has 23 heavy (non-hydrogen) atoms. The molecule has 2 aromatic carbocycles. The van der Waals surface area contributed by atoms with Gasteiger partial charge in [-0.1, -0.05) is 59.7 Å². The molecule has 1 amide bonds. The fraction of sp³-hybridized carbons (Fsp3) is 0.381. The summed E-state index contributed by atoms with van der Waals surface area (Å²) in [4.78, 5) is 12.4. The van der Waals surface area contributed by atoms with Crippen LogP contribution in [0.5, 0.6) is 0 Å². The first-order chi connectivity index (χ1) is 11.1. The molecule has 1 saturated carbocycles. The summed E-state index contributed by atoms with van der Waals surface area (Å²) in [6.45, 7) is 4.18. The predicted octanol–water partition coefficient (Wildman–Crippen LogP) is 4.50. The maximum absolute atomic E-state index is 12.4. The molecule has 1 fully saturated rings. The van der Waals surface area contributed by atoms with E-state index in [0.29, 0.717) is 12.3 Å². The summed E-state index contributed by atoms with van der Waals surface area (Å²) in [5.41, 5.74) is 4.98. The minimum atomic E-state index is 0.156. The lowest BCUT2D eigenvalue weighted by atomic mass is 10.0. The largest absolute Gasteiger partial charge is 0.349 e. The van der Waals surface area contributed by atoms with E-state index in [1.165, 1.54) is 35.1 Å². The third kappa shape index (κ3) is 4.44. The molecule has 2 nitrogen and oxygen atoms in total. The Balaban J connectivity index is 1.59. The van der Waals surface area contributed by atoms with Crippen molar-refractivity contribution >= 4 is 5.91 Å². The molecule has 120 valence electrons. The summed E-state index contributed by atoms with van der Waals surface area (Å²) in [5, 5.41) is 3.26. The third-order valence-corrected chi connectivity index (χ3v) is 4.57. The second-order valence-corrected chi connectivity index (χ2v) is 6.78. The molecule has 0 radical (unpaired) electrons. The van der Waals surface area contributed by atoms with Gasteiger partial charge in [0, 0.05) is 6.42 Å². The second-order valence-electron chi connectivity index (χ2n) is 6.78. The number of hydrogen-bond acceptors (Lipinski definition) is 1. The average Bonchev–Trinajstić information content (AvgIpc) is 3.36. The molecule has 1 N–H and O–H groups in total. The topological polar surface area (TPSA) is 29.1 Å². The molecular formula is C21H25NO. The number of rotatable bonds is 6. The summed E-state index contributed by atoms with van der Waals surface area (Å²) in [7, 11) is 0. The van der Waals surface area contributed by atoms with E-state index in [4.69, 9.17) is 0 Å². The summed E-state index contributed by atoms with van der Waals surface area (Å²) < 4.78 is 0. The molecule has 0 bridgehead atoms. The van der Waals surface area contributed by atoms with Crippen molar-refractivity contribution in [1.29, 1.82) is 0 Å². The fourth-order valence-corrected chi connectivity index (χ4v) is 3.05. The van der Waals surface area contributed by atoms with E-state index in [-0.39, 0.29) is 11.9 Å². The highest BCUT2D eigenvalue weighted by Crippen LogP contribution is 2.41. The van der Waals surface area contributed by atoms with E-state index < -0.39 is 0 Å². The predicted molar refractivity (Wildman–Crippen MR) is 94.3 cm³/mol. The maximum atomic E-state index is 12.4. The molecule has 0 heterocycles. The molecule has 1 atom stereocenters. The Morgan fingerprint density at radius 2 is 1.83 bits per heavy atom. The van der Waals surface area contributed by atoms with Crippen LogP contribution in [0.3, 0.4) is 0 Å². The number of carbonyl (C=O) groups is 1.